The zero-order valence-corrected chi connectivity index (χ0v) is 24.8. The quantitative estimate of drug-likeness (QED) is 0.187. The van der Waals surface area contributed by atoms with Gasteiger partial charge in [0, 0.05) is 12.0 Å². The Morgan fingerprint density at radius 3 is 1.75 bits per heavy atom. The van der Waals surface area contributed by atoms with Crippen LogP contribution in [0, 0.1) is 5.92 Å². The molecule has 0 saturated carbocycles. The van der Waals surface area contributed by atoms with E-state index in [4.69, 9.17) is 5.73 Å². The highest BCUT2D eigenvalue weighted by atomic mass is 19.4. The maximum absolute atomic E-state index is 13.0. The second kappa shape index (κ2) is 15.8. The Balaban J connectivity index is 1.99. The maximum atomic E-state index is 13.0. The van der Waals surface area contributed by atoms with Crippen LogP contribution in [0.2, 0.25) is 0 Å². The molecule has 7 N–H and O–H groups in total. The molecule has 0 fully saturated rings. The minimum Gasteiger partial charge on any atom is -0.382 e. The summed E-state index contributed by atoms with van der Waals surface area (Å²) in [5.74, 6) is -4.39. The Morgan fingerprint density at radius 1 is 0.750 bits per heavy atom. The molecule has 0 aliphatic heterocycles. The molecule has 5 amide bonds. The zero-order valence-electron chi connectivity index (χ0n) is 24.8. The Kier molecular flexibility index (Phi) is 12.9. The molecule has 0 saturated heterocycles. The van der Waals surface area contributed by atoms with Crippen LogP contribution in [0.15, 0.2) is 54.6 Å². The molecular formula is C30H38F3N5O6. The average Bonchev–Trinajstić information content (AvgIpc) is 2.96. The van der Waals surface area contributed by atoms with Crippen LogP contribution >= 0.6 is 0 Å². The smallest absolute Gasteiger partial charge is 0.382 e. The minimum atomic E-state index is -5.09. The number of carbonyl (C=O) groups excluding carboxylic acids is 5. The van der Waals surface area contributed by atoms with Crippen molar-refractivity contribution in [1.82, 2.24) is 21.3 Å². The lowest BCUT2D eigenvalue weighted by molar-refractivity contribution is -0.212. The van der Waals surface area contributed by atoms with Gasteiger partial charge in [0.25, 0.3) is 5.91 Å². The molecule has 0 aliphatic carbocycles. The third kappa shape index (κ3) is 10.7. The van der Waals surface area contributed by atoms with Crippen molar-refractivity contribution in [3.8, 4) is 11.1 Å². The normalized spacial score (nSPS) is 14.8. The van der Waals surface area contributed by atoms with Gasteiger partial charge in [0.2, 0.25) is 23.6 Å². The topological polar surface area (TPSA) is 180 Å². The summed E-state index contributed by atoms with van der Waals surface area (Å²) < 4.78 is 39.1. The van der Waals surface area contributed by atoms with Gasteiger partial charge in [-0.2, -0.15) is 13.2 Å². The van der Waals surface area contributed by atoms with Crippen LogP contribution < -0.4 is 27.0 Å². The van der Waals surface area contributed by atoms with E-state index in [1.54, 1.807) is 38.1 Å². The summed E-state index contributed by atoms with van der Waals surface area (Å²) in [7, 11) is 0. The summed E-state index contributed by atoms with van der Waals surface area (Å²) in [6.07, 6.45) is -9.19. The highest BCUT2D eigenvalue weighted by Gasteiger charge is 2.44. The zero-order chi connectivity index (χ0) is 33.2. The van der Waals surface area contributed by atoms with Crippen molar-refractivity contribution in [3.05, 3.63) is 60.2 Å². The number of nitrogens with two attached hydrogens (primary N) is 1. The molecule has 44 heavy (non-hydrogen) atoms. The second-order valence-corrected chi connectivity index (χ2v) is 10.7. The standard InChI is InChI=1S/C30H38F3N5O6/c1-16(2)24(38-28(43)21-12-10-20(11-13-21)19-8-6-5-7-9-19)29(44)36-17(3)26(41)35-18(4)27(42)37-22(14-15-23(34)39)25(40)30(31,32)33/h5-13,16-18,22,24-25,40H,14-15H2,1-4H3,(H2,34,39)(H,35,41)(H,36,44)(H,37,42)(H,38,43)/t17-,18-,22?,24-,25?/m0/s1. The summed E-state index contributed by atoms with van der Waals surface area (Å²) in [5, 5.41) is 19.0. The Hall–Kier alpha value is -4.46. The molecule has 2 aromatic rings. The number of benzene rings is 2. The number of nitrogens with one attached hydrogen (secondary N) is 4. The van der Waals surface area contributed by atoms with Gasteiger partial charge in [-0.25, -0.2) is 0 Å². The summed E-state index contributed by atoms with van der Waals surface area (Å²) >= 11 is 0. The van der Waals surface area contributed by atoms with E-state index in [0.717, 1.165) is 11.1 Å². The predicted molar refractivity (Wildman–Crippen MR) is 156 cm³/mol. The Bertz CT molecular complexity index is 1300. The fourth-order valence-electron chi connectivity index (χ4n) is 4.12. The molecule has 0 aliphatic rings. The van der Waals surface area contributed by atoms with Crippen LogP contribution in [0.5, 0.6) is 0 Å². The summed E-state index contributed by atoms with van der Waals surface area (Å²) in [4.78, 5) is 62.1. The number of amides is 5. The van der Waals surface area contributed by atoms with E-state index in [2.05, 4.69) is 16.0 Å². The van der Waals surface area contributed by atoms with Gasteiger partial charge >= 0.3 is 6.18 Å². The van der Waals surface area contributed by atoms with Gasteiger partial charge in [-0.3, -0.25) is 24.0 Å². The van der Waals surface area contributed by atoms with E-state index in [-0.39, 0.29) is 5.92 Å². The van der Waals surface area contributed by atoms with E-state index in [1.165, 1.54) is 13.8 Å². The van der Waals surface area contributed by atoms with E-state index in [9.17, 15) is 42.3 Å². The van der Waals surface area contributed by atoms with Crippen molar-refractivity contribution in [2.45, 2.75) is 77.0 Å². The van der Waals surface area contributed by atoms with E-state index in [0.29, 0.717) is 5.56 Å². The lowest BCUT2D eigenvalue weighted by Gasteiger charge is -2.27. The molecular weight excluding hydrogens is 583 g/mol. The second-order valence-electron chi connectivity index (χ2n) is 10.7. The van der Waals surface area contributed by atoms with E-state index >= 15 is 0 Å². The van der Waals surface area contributed by atoms with Crippen LogP contribution in [0.1, 0.15) is 50.9 Å². The van der Waals surface area contributed by atoms with Gasteiger partial charge in [0.15, 0.2) is 6.10 Å². The molecule has 0 bridgehead atoms. The van der Waals surface area contributed by atoms with Crippen molar-refractivity contribution in [2.24, 2.45) is 11.7 Å². The van der Waals surface area contributed by atoms with Crippen molar-refractivity contribution >= 4 is 29.5 Å². The van der Waals surface area contributed by atoms with Crippen LogP contribution in [-0.4, -0.2) is 71.1 Å². The van der Waals surface area contributed by atoms with E-state index < -0.39 is 78.8 Å². The number of primary amides is 1. The fourth-order valence-corrected chi connectivity index (χ4v) is 4.12. The van der Waals surface area contributed by atoms with Crippen molar-refractivity contribution < 1.29 is 42.3 Å². The highest BCUT2D eigenvalue weighted by Crippen LogP contribution is 2.24. The average molecular weight is 622 g/mol. The molecule has 0 spiro atoms. The Labute approximate surface area is 253 Å². The van der Waals surface area contributed by atoms with Crippen LogP contribution in [-0.2, 0) is 19.2 Å². The number of aliphatic hydroxyl groups is 1. The third-order valence-corrected chi connectivity index (χ3v) is 6.74. The summed E-state index contributed by atoms with van der Waals surface area (Å²) in [6.45, 7) is 5.91. The van der Waals surface area contributed by atoms with Gasteiger partial charge in [-0.15, -0.1) is 0 Å². The summed E-state index contributed by atoms with van der Waals surface area (Å²) in [5.41, 5.74) is 7.17. The fraction of sp³-hybridized carbons (Fsp3) is 0.433. The van der Waals surface area contributed by atoms with Gasteiger partial charge in [-0.1, -0.05) is 56.3 Å². The van der Waals surface area contributed by atoms with Crippen LogP contribution in [0.3, 0.4) is 0 Å². The SMILES string of the molecule is CC(C)[C@H](NC(=O)c1ccc(-c2ccccc2)cc1)C(=O)N[C@@H](C)C(=O)N[C@@H](C)C(=O)NC(CCC(N)=O)C(O)C(F)(F)F. The number of hydrogen-bond acceptors (Lipinski definition) is 6. The molecule has 11 nitrogen and oxygen atoms in total. The molecule has 2 unspecified atom stereocenters. The van der Waals surface area contributed by atoms with Gasteiger partial charge in [0.05, 0.1) is 6.04 Å². The molecule has 5 atom stereocenters. The number of hydrogen-bond donors (Lipinski definition) is 6. The number of aliphatic hydroxyl groups excluding tert-OH is 1. The van der Waals surface area contributed by atoms with Crippen molar-refractivity contribution in [1.29, 1.82) is 0 Å². The Morgan fingerprint density at radius 2 is 1.25 bits per heavy atom. The first kappa shape index (κ1) is 35.7. The first-order valence-corrected chi connectivity index (χ1v) is 13.9. The first-order chi connectivity index (χ1) is 20.5. The predicted octanol–water partition coefficient (Wildman–Crippen LogP) is 1.79. The minimum absolute atomic E-state index is 0.318. The van der Waals surface area contributed by atoms with Crippen molar-refractivity contribution in [2.75, 3.05) is 0 Å². The molecule has 240 valence electrons. The molecule has 0 aromatic heterocycles. The maximum Gasteiger partial charge on any atom is 0.416 e. The van der Waals surface area contributed by atoms with E-state index in [1.807, 2.05) is 35.6 Å². The third-order valence-electron chi connectivity index (χ3n) is 6.74. The lowest BCUT2D eigenvalue weighted by Crippen LogP contribution is -2.58. The van der Waals surface area contributed by atoms with Crippen LogP contribution in [0.25, 0.3) is 11.1 Å². The molecule has 0 heterocycles. The monoisotopic (exact) mass is 621 g/mol. The van der Waals surface area contributed by atoms with Gasteiger partial charge < -0.3 is 32.1 Å². The molecule has 2 aromatic carbocycles. The molecule has 0 radical (unpaired) electrons. The molecule has 14 heteroatoms. The molecule has 2 rings (SSSR count). The number of halogens is 3. The van der Waals surface area contributed by atoms with Gasteiger partial charge in [-0.05, 0) is 49.4 Å². The largest absolute Gasteiger partial charge is 0.416 e. The number of carbonyl (C=O) groups is 5. The number of rotatable bonds is 14. The number of alkyl halides is 3. The van der Waals surface area contributed by atoms with Crippen molar-refractivity contribution in [3.63, 3.8) is 0 Å². The summed E-state index contributed by atoms with van der Waals surface area (Å²) in [6, 6.07) is 10.9. The first-order valence-electron chi connectivity index (χ1n) is 13.9. The van der Waals surface area contributed by atoms with Crippen LogP contribution in [0.4, 0.5) is 13.2 Å². The lowest BCUT2D eigenvalue weighted by atomic mass is 10.0. The highest BCUT2D eigenvalue weighted by molar-refractivity contribution is 5.99. The van der Waals surface area contributed by atoms with Gasteiger partial charge in [0.1, 0.15) is 18.1 Å².